The summed E-state index contributed by atoms with van der Waals surface area (Å²) in [5, 5.41) is 12.5. The largest absolute Gasteiger partial charge is 0.484 e. The molecule has 7 nitrogen and oxygen atoms in total. The molecule has 0 aliphatic heterocycles. The number of rotatable bonds is 8. The number of hydrogen-bond acceptors (Lipinski definition) is 5. The monoisotopic (exact) mass is 627 g/mol. The number of halogens is 6. The van der Waals surface area contributed by atoms with Crippen LogP contribution in [0.3, 0.4) is 0 Å². The summed E-state index contributed by atoms with van der Waals surface area (Å²) in [5.41, 5.74) is -5.87. The van der Waals surface area contributed by atoms with Gasteiger partial charge in [0.25, 0.3) is 17.1 Å². The first-order chi connectivity index (χ1) is 21.3. The predicted octanol–water partition coefficient (Wildman–Crippen LogP) is 6.31. The van der Waals surface area contributed by atoms with Gasteiger partial charge in [-0.25, -0.2) is 4.98 Å². The van der Waals surface area contributed by atoms with E-state index < -0.39 is 41.6 Å². The molecule has 0 saturated heterocycles. The number of ether oxygens (including phenoxy) is 1. The summed E-state index contributed by atoms with van der Waals surface area (Å²) < 4.78 is 87.3. The number of nitrogens with one attached hydrogen (secondary N) is 1. The minimum atomic E-state index is -6.07. The molecular formula is C32H23F6N3O4. The first kappa shape index (κ1) is 31.3. The summed E-state index contributed by atoms with van der Waals surface area (Å²) in [4.78, 5) is 30.7. The molecule has 13 heteroatoms. The Hall–Kier alpha value is -5.17. The van der Waals surface area contributed by atoms with Crippen LogP contribution >= 0.6 is 0 Å². The summed E-state index contributed by atoms with van der Waals surface area (Å²) >= 11 is 0. The van der Waals surface area contributed by atoms with Gasteiger partial charge >= 0.3 is 12.4 Å². The molecule has 0 atom stereocenters. The van der Waals surface area contributed by atoms with Gasteiger partial charge in [0.1, 0.15) is 11.6 Å². The molecule has 45 heavy (non-hydrogen) atoms. The molecule has 5 aromatic rings. The molecule has 0 fully saturated rings. The normalized spacial score (nSPS) is 12.2. The van der Waals surface area contributed by atoms with Crippen LogP contribution in [-0.4, -0.2) is 39.5 Å². The minimum Gasteiger partial charge on any atom is -0.484 e. The van der Waals surface area contributed by atoms with Crippen molar-refractivity contribution in [2.24, 2.45) is 0 Å². The van der Waals surface area contributed by atoms with Crippen molar-refractivity contribution in [3.05, 3.63) is 130 Å². The topological polar surface area (TPSA) is 93.4 Å². The van der Waals surface area contributed by atoms with Crippen molar-refractivity contribution >= 4 is 22.5 Å². The number of amides is 1. The van der Waals surface area contributed by atoms with E-state index in [1.807, 2.05) is 0 Å². The Kier molecular flexibility index (Phi) is 8.39. The lowest BCUT2D eigenvalue weighted by Gasteiger charge is -2.32. The minimum absolute atomic E-state index is 0.0129. The van der Waals surface area contributed by atoms with Crippen molar-refractivity contribution < 1.29 is 41.0 Å². The number of hydrogen-bond donors (Lipinski definition) is 2. The van der Waals surface area contributed by atoms with Crippen LogP contribution in [0, 0.1) is 0 Å². The van der Waals surface area contributed by atoms with Crippen molar-refractivity contribution in [2.75, 3.05) is 11.9 Å². The number of anilines is 1. The zero-order valence-electron chi connectivity index (χ0n) is 23.1. The maximum atomic E-state index is 13.9. The van der Waals surface area contributed by atoms with Crippen LogP contribution in [0.4, 0.5) is 32.0 Å². The van der Waals surface area contributed by atoms with Crippen molar-refractivity contribution in [3.63, 3.8) is 0 Å². The van der Waals surface area contributed by atoms with Crippen molar-refractivity contribution in [3.8, 4) is 11.4 Å². The molecule has 0 bridgehead atoms. The molecule has 0 spiro atoms. The van der Waals surface area contributed by atoms with Gasteiger partial charge in [0.05, 0.1) is 16.6 Å². The molecule has 1 amide bonds. The fourth-order valence-corrected chi connectivity index (χ4v) is 4.67. The van der Waals surface area contributed by atoms with Gasteiger partial charge in [-0.2, -0.15) is 26.3 Å². The number of carbonyl (C=O) groups is 1. The second-order valence-corrected chi connectivity index (χ2v) is 9.97. The van der Waals surface area contributed by atoms with Crippen LogP contribution in [0.1, 0.15) is 17.0 Å². The number of fused-ring (bicyclic) bond motifs is 1. The maximum absolute atomic E-state index is 13.9. The van der Waals surface area contributed by atoms with E-state index in [9.17, 15) is 41.0 Å². The molecular weight excluding hydrogens is 604 g/mol. The van der Waals surface area contributed by atoms with E-state index in [0.717, 1.165) is 22.3 Å². The van der Waals surface area contributed by atoms with Crippen LogP contribution in [-0.2, 0) is 16.8 Å². The standard InChI is InChI=1S/C32H23F6N3O4/c33-31(34,35)30(44,32(36,37)38)21-11-13-23(14-12-21)41-27(17-20-7-3-1-4-8-20)40-26-16-15-24(18-25(26)29(41)43)45-19-28(42)39-22-9-5-2-6-10-22/h1-16,18,44H,17,19H2,(H,39,42). The molecule has 0 aliphatic rings. The van der Waals surface area contributed by atoms with E-state index in [0.29, 0.717) is 17.8 Å². The lowest BCUT2D eigenvalue weighted by atomic mass is 9.92. The van der Waals surface area contributed by atoms with Gasteiger partial charge in [-0.3, -0.25) is 14.2 Å². The molecule has 0 radical (unpaired) electrons. The molecule has 232 valence electrons. The summed E-state index contributed by atoms with van der Waals surface area (Å²) in [5.74, 6) is -0.181. The first-order valence-corrected chi connectivity index (χ1v) is 13.3. The second-order valence-electron chi connectivity index (χ2n) is 9.97. The van der Waals surface area contributed by atoms with Gasteiger partial charge < -0.3 is 15.2 Å². The Labute approximate surface area is 251 Å². The maximum Gasteiger partial charge on any atom is 0.430 e. The van der Waals surface area contributed by atoms with Crippen LogP contribution in [0.2, 0.25) is 0 Å². The number of carbonyl (C=O) groups excluding carboxylic acids is 1. The highest BCUT2D eigenvalue weighted by molar-refractivity contribution is 5.92. The van der Waals surface area contributed by atoms with Crippen LogP contribution in [0.5, 0.6) is 5.75 Å². The number of alkyl halides is 6. The van der Waals surface area contributed by atoms with E-state index in [-0.39, 0.29) is 34.6 Å². The fraction of sp³-hybridized carbons (Fsp3) is 0.156. The second kappa shape index (κ2) is 12.1. The third kappa shape index (κ3) is 6.38. The summed E-state index contributed by atoms with van der Waals surface area (Å²) in [6, 6.07) is 24.4. The Balaban J connectivity index is 1.54. The molecule has 0 unspecified atom stereocenters. The van der Waals surface area contributed by atoms with Gasteiger partial charge in [-0.15, -0.1) is 0 Å². The molecule has 4 aromatic carbocycles. The number of aliphatic hydroxyl groups is 1. The molecule has 5 rings (SSSR count). The lowest BCUT2D eigenvalue weighted by molar-refractivity contribution is -0.376. The van der Waals surface area contributed by atoms with E-state index in [1.54, 1.807) is 60.7 Å². The molecule has 0 saturated carbocycles. The summed E-state index contributed by atoms with van der Waals surface area (Å²) in [7, 11) is 0. The zero-order chi connectivity index (χ0) is 32.4. The number of nitrogens with zero attached hydrogens (tertiary/aromatic N) is 2. The highest BCUT2D eigenvalue weighted by Crippen LogP contribution is 2.50. The number of benzene rings is 4. The Morgan fingerprint density at radius 2 is 1.42 bits per heavy atom. The third-order valence-corrected chi connectivity index (χ3v) is 6.91. The van der Waals surface area contributed by atoms with Gasteiger partial charge in [-0.1, -0.05) is 60.7 Å². The van der Waals surface area contributed by atoms with E-state index in [1.165, 1.54) is 18.2 Å². The Morgan fingerprint density at radius 3 is 2.02 bits per heavy atom. The van der Waals surface area contributed by atoms with Crippen LogP contribution in [0.25, 0.3) is 16.6 Å². The Bertz CT molecular complexity index is 1860. The zero-order valence-corrected chi connectivity index (χ0v) is 23.1. The average molecular weight is 628 g/mol. The van der Waals surface area contributed by atoms with Crippen molar-refractivity contribution in [1.29, 1.82) is 0 Å². The van der Waals surface area contributed by atoms with E-state index in [2.05, 4.69) is 10.3 Å². The average Bonchev–Trinajstić information content (AvgIpc) is 3.00. The SMILES string of the molecule is O=C(COc1ccc2nc(Cc3ccccc3)n(-c3ccc(C(O)(C(F)(F)F)C(F)(F)F)cc3)c(=O)c2c1)Nc1ccccc1. The third-order valence-electron chi connectivity index (χ3n) is 6.91. The smallest absolute Gasteiger partial charge is 0.430 e. The highest BCUT2D eigenvalue weighted by atomic mass is 19.4. The lowest BCUT2D eigenvalue weighted by Crippen LogP contribution is -2.53. The fourth-order valence-electron chi connectivity index (χ4n) is 4.67. The van der Waals surface area contributed by atoms with E-state index >= 15 is 0 Å². The summed E-state index contributed by atoms with van der Waals surface area (Å²) in [6.45, 7) is -0.392. The Morgan fingerprint density at radius 1 is 0.822 bits per heavy atom. The molecule has 0 aliphatic carbocycles. The van der Waals surface area contributed by atoms with Crippen molar-refractivity contribution in [2.45, 2.75) is 24.4 Å². The van der Waals surface area contributed by atoms with Crippen molar-refractivity contribution in [1.82, 2.24) is 9.55 Å². The molecule has 1 heterocycles. The van der Waals surface area contributed by atoms with Crippen LogP contribution in [0.15, 0.2) is 108 Å². The highest BCUT2D eigenvalue weighted by Gasteiger charge is 2.71. The van der Waals surface area contributed by atoms with Gasteiger partial charge in [-0.05, 0) is 48.0 Å². The first-order valence-electron chi connectivity index (χ1n) is 13.3. The molecule has 1 aromatic heterocycles. The quantitative estimate of drug-likeness (QED) is 0.197. The van der Waals surface area contributed by atoms with Gasteiger partial charge in [0.15, 0.2) is 6.61 Å². The number of aromatic nitrogens is 2. The van der Waals surface area contributed by atoms with Gasteiger partial charge in [0, 0.05) is 17.7 Å². The molecule has 2 N–H and O–H groups in total. The summed E-state index contributed by atoms with van der Waals surface area (Å²) in [6.07, 6.45) is -12.1. The predicted molar refractivity (Wildman–Crippen MR) is 153 cm³/mol. The van der Waals surface area contributed by atoms with Gasteiger partial charge in [0.2, 0.25) is 0 Å². The van der Waals surface area contributed by atoms with E-state index in [4.69, 9.17) is 4.74 Å². The number of para-hydroxylation sites is 1. The van der Waals surface area contributed by atoms with Crippen LogP contribution < -0.4 is 15.6 Å².